The molecule has 2 rings (SSSR count). The lowest BCUT2D eigenvalue weighted by molar-refractivity contribution is 0.0690. The molecule has 2 N–H and O–H groups in total. The highest BCUT2D eigenvalue weighted by Crippen LogP contribution is 2.22. The van der Waals surface area contributed by atoms with Crippen LogP contribution in [0.2, 0.25) is 0 Å². The van der Waals surface area contributed by atoms with Gasteiger partial charge in [-0.25, -0.2) is 9.18 Å². The highest BCUT2D eigenvalue weighted by Gasteiger charge is 2.12. The summed E-state index contributed by atoms with van der Waals surface area (Å²) in [6.45, 7) is 0.318. The SMILES string of the molecule is COCc1ccc(-c2cc(C(=O)O)[nH]n2)c(F)c1. The largest absolute Gasteiger partial charge is 0.477 e. The lowest BCUT2D eigenvalue weighted by Gasteiger charge is -2.03. The molecule has 2 aromatic rings. The van der Waals surface area contributed by atoms with E-state index in [4.69, 9.17) is 9.84 Å². The summed E-state index contributed by atoms with van der Waals surface area (Å²) in [4.78, 5) is 10.7. The number of hydrogen-bond donors (Lipinski definition) is 2. The predicted molar refractivity (Wildman–Crippen MR) is 61.7 cm³/mol. The number of nitrogens with zero attached hydrogens (tertiary/aromatic N) is 1. The molecule has 6 heteroatoms. The number of benzene rings is 1. The number of carbonyl (C=O) groups is 1. The van der Waals surface area contributed by atoms with Crippen LogP contribution in [-0.4, -0.2) is 28.4 Å². The molecule has 18 heavy (non-hydrogen) atoms. The van der Waals surface area contributed by atoms with Crippen molar-refractivity contribution >= 4 is 5.97 Å². The molecule has 0 fully saturated rings. The summed E-state index contributed by atoms with van der Waals surface area (Å²) >= 11 is 0. The van der Waals surface area contributed by atoms with Crippen molar-refractivity contribution in [1.29, 1.82) is 0 Å². The van der Waals surface area contributed by atoms with Gasteiger partial charge >= 0.3 is 5.97 Å². The molecule has 94 valence electrons. The molecule has 0 saturated heterocycles. The van der Waals surface area contributed by atoms with Gasteiger partial charge in [0.1, 0.15) is 11.5 Å². The van der Waals surface area contributed by atoms with Crippen molar-refractivity contribution in [3.63, 3.8) is 0 Å². The van der Waals surface area contributed by atoms with E-state index >= 15 is 0 Å². The zero-order valence-electron chi connectivity index (χ0n) is 9.61. The first-order valence-corrected chi connectivity index (χ1v) is 5.18. The maximum atomic E-state index is 13.8. The van der Waals surface area contributed by atoms with Crippen LogP contribution in [0, 0.1) is 5.82 Å². The lowest BCUT2D eigenvalue weighted by atomic mass is 10.1. The van der Waals surface area contributed by atoms with E-state index in [9.17, 15) is 9.18 Å². The summed E-state index contributed by atoms with van der Waals surface area (Å²) in [5.41, 5.74) is 1.13. The van der Waals surface area contributed by atoms with Crippen LogP contribution in [0.25, 0.3) is 11.3 Å². The zero-order valence-corrected chi connectivity index (χ0v) is 9.61. The molecule has 0 atom stereocenters. The van der Waals surface area contributed by atoms with Gasteiger partial charge in [-0.15, -0.1) is 0 Å². The fourth-order valence-electron chi connectivity index (χ4n) is 1.59. The van der Waals surface area contributed by atoms with Crippen molar-refractivity contribution in [2.45, 2.75) is 6.61 Å². The third-order valence-electron chi connectivity index (χ3n) is 2.43. The fourth-order valence-corrected chi connectivity index (χ4v) is 1.59. The van der Waals surface area contributed by atoms with Gasteiger partial charge in [0.15, 0.2) is 0 Å². The molecule has 0 bridgehead atoms. The van der Waals surface area contributed by atoms with Crippen LogP contribution in [0.15, 0.2) is 24.3 Å². The first-order chi connectivity index (χ1) is 8.61. The molecule has 1 aromatic heterocycles. The number of ether oxygens (including phenoxy) is 1. The van der Waals surface area contributed by atoms with E-state index in [2.05, 4.69) is 10.2 Å². The first kappa shape index (κ1) is 12.3. The van der Waals surface area contributed by atoms with Gasteiger partial charge in [-0.05, 0) is 23.8 Å². The van der Waals surface area contributed by atoms with Gasteiger partial charge in [-0.2, -0.15) is 5.10 Å². The van der Waals surface area contributed by atoms with Gasteiger partial charge in [0.25, 0.3) is 0 Å². The van der Waals surface area contributed by atoms with Crippen molar-refractivity contribution in [2.75, 3.05) is 7.11 Å². The Hall–Kier alpha value is -2.21. The van der Waals surface area contributed by atoms with Gasteiger partial charge in [-0.3, -0.25) is 5.10 Å². The van der Waals surface area contributed by atoms with Crippen molar-refractivity contribution in [1.82, 2.24) is 10.2 Å². The van der Waals surface area contributed by atoms with E-state index in [0.29, 0.717) is 12.2 Å². The van der Waals surface area contributed by atoms with Crippen LogP contribution in [0.4, 0.5) is 4.39 Å². The molecular formula is C12H11FN2O3. The summed E-state index contributed by atoms with van der Waals surface area (Å²) in [6.07, 6.45) is 0. The minimum absolute atomic E-state index is 0.0784. The Morgan fingerprint density at radius 1 is 1.50 bits per heavy atom. The van der Waals surface area contributed by atoms with E-state index < -0.39 is 11.8 Å². The molecule has 0 saturated carbocycles. The average molecular weight is 250 g/mol. The number of nitrogens with one attached hydrogen (secondary N) is 1. The second-order valence-electron chi connectivity index (χ2n) is 3.72. The van der Waals surface area contributed by atoms with Crippen LogP contribution in [-0.2, 0) is 11.3 Å². The number of aromatic carboxylic acids is 1. The third-order valence-corrected chi connectivity index (χ3v) is 2.43. The lowest BCUT2D eigenvalue weighted by Crippen LogP contribution is -1.95. The minimum atomic E-state index is -1.13. The molecule has 0 aliphatic carbocycles. The fraction of sp³-hybridized carbons (Fsp3) is 0.167. The van der Waals surface area contributed by atoms with E-state index in [1.165, 1.54) is 19.2 Å². The molecule has 1 aromatic carbocycles. The Morgan fingerprint density at radius 3 is 2.83 bits per heavy atom. The first-order valence-electron chi connectivity index (χ1n) is 5.18. The number of carboxylic acids is 1. The van der Waals surface area contributed by atoms with Crippen LogP contribution in [0.1, 0.15) is 16.1 Å². The smallest absolute Gasteiger partial charge is 0.353 e. The van der Waals surface area contributed by atoms with Crippen molar-refractivity contribution in [3.05, 3.63) is 41.3 Å². The van der Waals surface area contributed by atoms with Gasteiger partial charge < -0.3 is 9.84 Å². The Bertz CT molecular complexity index is 580. The molecule has 1 heterocycles. The molecule has 0 unspecified atom stereocenters. The topological polar surface area (TPSA) is 75.2 Å². The second-order valence-corrected chi connectivity index (χ2v) is 3.72. The van der Waals surface area contributed by atoms with Gasteiger partial charge in [0.05, 0.1) is 12.3 Å². The number of halogens is 1. The summed E-state index contributed by atoms with van der Waals surface area (Å²) < 4.78 is 18.7. The molecule has 0 spiro atoms. The highest BCUT2D eigenvalue weighted by molar-refractivity contribution is 5.86. The molecule has 0 radical (unpaired) electrons. The van der Waals surface area contributed by atoms with E-state index in [0.717, 1.165) is 0 Å². The van der Waals surface area contributed by atoms with Crippen LogP contribution in [0.5, 0.6) is 0 Å². The number of aromatic amines is 1. The van der Waals surface area contributed by atoms with Gasteiger partial charge in [0.2, 0.25) is 0 Å². The number of aromatic nitrogens is 2. The van der Waals surface area contributed by atoms with Crippen molar-refractivity contribution < 1.29 is 19.0 Å². The summed E-state index contributed by atoms with van der Waals surface area (Å²) in [5, 5.41) is 14.8. The monoisotopic (exact) mass is 250 g/mol. The summed E-state index contributed by atoms with van der Waals surface area (Å²) in [5.74, 6) is -1.60. The Balaban J connectivity index is 2.35. The zero-order chi connectivity index (χ0) is 13.1. The number of methoxy groups -OCH3 is 1. The molecule has 5 nitrogen and oxygen atoms in total. The number of H-pyrrole nitrogens is 1. The average Bonchev–Trinajstić information content (AvgIpc) is 2.79. The maximum Gasteiger partial charge on any atom is 0.353 e. The highest BCUT2D eigenvalue weighted by atomic mass is 19.1. The summed E-state index contributed by atoms with van der Waals surface area (Å²) in [7, 11) is 1.53. The van der Waals surface area contributed by atoms with Crippen LogP contribution >= 0.6 is 0 Å². The Labute approximate surface area is 102 Å². The minimum Gasteiger partial charge on any atom is -0.477 e. The standard InChI is InChI=1S/C12H11FN2O3/c1-18-6-7-2-3-8(9(13)4-7)10-5-11(12(16)17)15-14-10/h2-5H,6H2,1H3,(H,14,15)(H,16,17). The maximum absolute atomic E-state index is 13.8. The van der Waals surface area contributed by atoms with Gasteiger partial charge in [0, 0.05) is 12.7 Å². The van der Waals surface area contributed by atoms with E-state index in [-0.39, 0.29) is 17.0 Å². The van der Waals surface area contributed by atoms with E-state index in [1.54, 1.807) is 12.1 Å². The van der Waals surface area contributed by atoms with Crippen molar-refractivity contribution in [2.24, 2.45) is 0 Å². The Kier molecular flexibility index (Phi) is 3.38. The summed E-state index contributed by atoms with van der Waals surface area (Å²) in [6, 6.07) is 5.88. The number of rotatable bonds is 4. The normalized spacial score (nSPS) is 10.6. The Morgan fingerprint density at radius 2 is 2.28 bits per heavy atom. The van der Waals surface area contributed by atoms with E-state index in [1.807, 2.05) is 0 Å². The molecule has 0 amide bonds. The van der Waals surface area contributed by atoms with Crippen molar-refractivity contribution in [3.8, 4) is 11.3 Å². The third kappa shape index (κ3) is 2.38. The molecular weight excluding hydrogens is 239 g/mol. The predicted octanol–water partition coefficient (Wildman–Crippen LogP) is 2.06. The molecule has 0 aliphatic heterocycles. The quantitative estimate of drug-likeness (QED) is 0.870. The second kappa shape index (κ2) is 4.97. The number of hydrogen-bond acceptors (Lipinski definition) is 3. The number of carboxylic acid groups (broad SMARTS) is 1. The van der Waals surface area contributed by atoms with Crippen LogP contribution < -0.4 is 0 Å². The van der Waals surface area contributed by atoms with Crippen LogP contribution in [0.3, 0.4) is 0 Å². The molecule has 0 aliphatic rings. The van der Waals surface area contributed by atoms with Gasteiger partial charge in [-0.1, -0.05) is 6.07 Å².